The standard InChI is InChI=1S/C15H22N2O3S/c16-11-15-9-10-17(21(15,18)19)12-5-7-14(8-6-12)20-13-3-1-2-4-13/h5-8,13,15H,1-4,9-11,16H2/t15-/m1/s1. The van der Waals surface area contributed by atoms with E-state index in [1.54, 1.807) is 0 Å². The molecule has 0 amide bonds. The number of hydrogen-bond donors (Lipinski definition) is 1. The number of hydrogen-bond acceptors (Lipinski definition) is 4. The number of nitrogens with two attached hydrogens (primary N) is 1. The van der Waals surface area contributed by atoms with Gasteiger partial charge in [0, 0.05) is 13.1 Å². The van der Waals surface area contributed by atoms with Gasteiger partial charge in [0.05, 0.1) is 17.0 Å². The third kappa shape index (κ3) is 2.87. The van der Waals surface area contributed by atoms with Crippen molar-refractivity contribution < 1.29 is 13.2 Å². The Morgan fingerprint density at radius 2 is 1.81 bits per heavy atom. The van der Waals surface area contributed by atoms with Crippen LogP contribution >= 0.6 is 0 Å². The molecule has 21 heavy (non-hydrogen) atoms. The predicted octanol–water partition coefficient (Wildman–Crippen LogP) is 1.88. The molecule has 1 saturated heterocycles. The molecule has 1 aliphatic carbocycles. The summed E-state index contributed by atoms with van der Waals surface area (Å²) in [5.41, 5.74) is 6.24. The number of benzene rings is 1. The van der Waals surface area contributed by atoms with Crippen molar-refractivity contribution in [2.75, 3.05) is 17.4 Å². The van der Waals surface area contributed by atoms with E-state index in [9.17, 15) is 8.42 Å². The Morgan fingerprint density at radius 1 is 1.14 bits per heavy atom. The Bertz CT molecular complexity index is 579. The maximum Gasteiger partial charge on any atom is 0.239 e. The summed E-state index contributed by atoms with van der Waals surface area (Å²) in [6, 6.07) is 7.36. The molecule has 116 valence electrons. The lowest BCUT2D eigenvalue weighted by Crippen LogP contribution is -2.33. The molecule has 2 N–H and O–H groups in total. The fourth-order valence-corrected chi connectivity index (χ4v) is 4.90. The van der Waals surface area contributed by atoms with Gasteiger partial charge in [-0.2, -0.15) is 0 Å². The summed E-state index contributed by atoms with van der Waals surface area (Å²) in [4.78, 5) is 0. The molecular weight excluding hydrogens is 288 g/mol. The van der Waals surface area contributed by atoms with Crippen LogP contribution in [0.2, 0.25) is 0 Å². The van der Waals surface area contributed by atoms with Crippen LogP contribution in [0, 0.1) is 0 Å². The second-order valence-electron chi connectivity index (χ2n) is 5.78. The fourth-order valence-electron chi connectivity index (χ4n) is 3.12. The lowest BCUT2D eigenvalue weighted by atomic mass is 10.2. The van der Waals surface area contributed by atoms with Crippen molar-refractivity contribution in [2.24, 2.45) is 5.73 Å². The second-order valence-corrected chi connectivity index (χ2v) is 7.92. The smallest absolute Gasteiger partial charge is 0.239 e. The minimum atomic E-state index is -3.30. The number of anilines is 1. The van der Waals surface area contributed by atoms with E-state index in [0.717, 1.165) is 18.6 Å². The quantitative estimate of drug-likeness (QED) is 0.921. The molecule has 2 fully saturated rings. The van der Waals surface area contributed by atoms with Crippen molar-refractivity contribution in [3.63, 3.8) is 0 Å². The van der Waals surface area contributed by atoms with Crippen LogP contribution in [-0.4, -0.2) is 32.9 Å². The van der Waals surface area contributed by atoms with Crippen LogP contribution in [0.15, 0.2) is 24.3 Å². The Morgan fingerprint density at radius 3 is 2.38 bits per heavy atom. The highest BCUT2D eigenvalue weighted by molar-refractivity contribution is 7.93. The third-order valence-electron chi connectivity index (χ3n) is 4.38. The summed E-state index contributed by atoms with van der Waals surface area (Å²) in [5, 5.41) is -0.452. The Hall–Kier alpha value is -1.27. The molecule has 6 heteroatoms. The molecule has 1 aromatic carbocycles. The summed E-state index contributed by atoms with van der Waals surface area (Å²) in [5.74, 6) is 0.817. The second kappa shape index (κ2) is 5.85. The zero-order chi connectivity index (χ0) is 14.9. The van der Waals surface area contributed by atoms with Crippen molar-refractivity contribution in [1.29, 1.82) is 0 Å². The molecule has 0 spiro atoms. The molecular formula is C15H22N2O3S. The summed E-state index contributed by atoms with van der Waals surface area (Å²) in [7, 11) is -3.30. The molecule has 0 bridgehead atoms. The van der Waals surface area contributed by atoms with Crippen molar-refractivity contribution in [1.82, 2.24) is 0 Å². The summed E-state index contributed by atoms with van der Waals surface area (Å²) >= 11 is 0. The van der Waals surface area contributed by atoms with Gasteiger partial charge in [0.25, 0.3) is 0 Å². The van der Waals surface area contributed by atoms with Crippen LogP contribution in [0.5, 0.6) is 5.75 Å². The molecule has 1 atom stereocenters. The lowest BCUT2D eigenvalue weighted by molar-refractivity contribution is 0.210. The topological polar surface area (TPSA) is 72.6 Å². The van der Waals surface area contributed by atoms with E-state index in [-0.39, 0.29) is 6.54 Å². The summed E-state index contributed by atoms with van der Waals surface area (Å²) < 4.78 is 32.0. The van der Waals surface area contributed by atoms with Gasteiger partial charge in [-0.25, -0.2) is 8.42 Å². The molecule has 0 aromatic heterocycles. The van der Waals surface area contributed by atoms with Gasteiger partial charge in [-0.1, -0.05) is 0 Å². The molecule has 1 aromatic rings. The predicted molar refractivity (Wildman–Crippen MR) is 83.1 cm³/mol. The molecule has 0 unspecified atom stereocenters. The maximum atomic E-state index is 12.3. The third-order valence-corrected chi connectivity index (χ3v) is 6.65. The summed E-state index contributed by atoms with van der Waals surface area (Å²) in [6.07, 6.45) is 5.60. The highest BCUT2D eigenvalue weighted by Gasteiger charge is 2.37. The average molecular weight is 310 g/mol. The van der Waals surface area contributed by atoms with Gasteiger partial charge < -0.3 is 10.5 Å². The number of rotatable bonds is 4. The largest absolute Gasteiger partial charge is 0.490 e. The van der Waals surface area contributed by atoms with Gasteiger partial charge in [0.2, 0.25) is 10.0 Å². The molecule has 1 aliphatic heterocycles. The molecule has 3 rings (SSSR count). The fraction of sp³-hybridized carbons (Fsp3) is 0.600. The zero-order valence-electron chi connectivity index (χ0n) is 12.1. The first-order valence-corrected chi connectivity index (χ1v) is 9.10. The number of nitrogens with zero attached hydrogens (tertiary/aromatic N) is 1. The molecule has 2 aliphatic rings. The van der Waals surface area contributed by atoms with Crippen LogP contribution in [0.4, 0.5) is 5.69 Å². The zero-order valence-corrected chi connectivity index (χ0v) is 12.9. The van der Waals surface area contributed by atoms with Crippen molar-refractivity contribution in [2.45, 2.75) is 43.5 Å². The Kier molecular flexibility index (Phi) is 4.08. The van der Waals surface area contributed by atoms with E-state index < -0.39 is 15.3 Å². The van der Waals surface area contributed by atoms with Gasteiger partial charge in [-0.15, -0.1) is 0 Å². The van der Waals surface area contributed by atoms with E-state index in [4.69, 9.17) is 10.5 Å². The Labute approximate surface area is 126 Å². The van der Waals surface area contributed by atoms with Crippen LogP contribution in [0.1, 0.15) is 32.1 Å². The number of ether oxygens (including phenoxy) is 1. The molecule has 5 nitrogen and oxygen atoms in total. The first kappa shape index (κ1) is 14.7. The first-order chi connectivity index (χ1) is 10.1. The van der Waals surface area contributed by atoms with Crippen LogP contribution < -0.4 is 14.8 Å². The SMILES string of the molecule is NC[C@H]1CCN(c2ccc(OC3CCCC3)cc2)S1(=O)=O. The number of sulfonamides is 1. The molecule has 1 heterocycles. The highest BCUT2D eigenvalue weighted by atomic mass is 32.2. The van der Waals surface area contributed by atoms with Gasteiger partial charge in [0.1, 0.15) is 5.75 Å². The average Bonchev–Trinajstić information content (AvgIpc) is 3.07. The van der Waals surface area contributed by atoms with E-state index in [1.807, 2.05) is 24.3 Å². The minimum absolute atomic E-state index is 0.182. The normalized spacial score (nSPS) is 25.4. The Balaban J connectivity index is 1.72. The first-order valence-electron chi connectivity index (χ1n) is 7.59. The van der Waals surface area contributed by atoms with Gasteiger partial charge in [-0.3, -0.25) is 4.31 Å². The van der Waals surface area contributed by atoms with E-state index >= 15 is 0 Å². The van der Waals surface area contributed by atoms with Crippen LogP contribution in [0.3, 0.4) is 0 Å². The molecule has 1 saturated carbocycles. The van der Waals surface area contributed by atoms with Crippen molar-refractivity contribution >= 4 is 15.7 Å². The van der Waals surface area contributed by atoms with Crippen molar-refractivity contribution in [3.8, 4) is 5.75 Å². The van der Waals surface area contributed by atoms with Gasteiger partial charge in [0.15, 0.2) is 0 Å². The maximum absolute atomic E-state index is 12.3. The van der Waals surface area contributed by atoms with Crippen LogP contribution in [-0.2, 0) is 10.0 Å². The van der Waals surface area contributed by atoms with Gasteiger partial charge >= 0.3 is 0 Å². The van der Waals surface area contributed by atoms with E-state index in [1.165, 1.54) is 17.1 Å². The van der Waals surface area contributed by atoms with E-state index in [0.29, 0.717) is 24.8 Å². The van der Waals surface area contributed by atoms with Gasteiger partial charge in [-0.05, 0) is 56.4 Å². The van der Waals surface area contributed by atoms with Crippen LogP contribution in [0.25, 0.3) is 0 Å². The molecule has 0 radical (unpaired) electrons. The minimum Gasteiger partial charge on any atom is -0.490 e. The monoisotopic (exact) mass is 310 g/mol. The van der Waals surface area contributed by atoms with Crippen molar-refractivity contribution in [3.05, 3.63) is 24.3 Å². The summed E-state index contributed by atoms with van der Waals surface area (Å²) in [6.45, 7) is 0.689. The highest BCUT2D eigenvalue weighted by Crippen LogP contribution is 2.30. The van der Waals surface area contributed by atoms with E-state index in [2.05, 4.69) is 0 Å². The lowest BCUT2D eigenvalue weighted by Gasteiger charge is -2.19.